The number of rotatable bonds is 3. The molecule has 0 saturated heterocycles. The Bertz CT molecular complexity index is 893. The van der Waals surface area contributed by atoms with Crippen molar-refractivity contribution in [2.45, 2.75) is 6.92 Å². The van der Waals surface area contributed by atoms with E-state index in [1.807, 2.05) is 0 Å². The van der Waals surface area contributed by atoms with E-state index in [2.05, 4.69) is 10.3 Å². The van der Waals surface area contributed by atoms with Gasteiger partial charge in [0.15, 0.2) is 0 Å². The molecule has 5 heteroatoms. The van der Waals surface area contributed by atoms with Gasteiger partial charge in [-0.15, -0.1) is 0 Å². The van der Waals surface area contributed by atoms with Gasteiger partial charge >= 0.3 is 0 Å². The van der Waals surface area contributed by atoms with Crippen LogP contribution in [0.1, 0.15) is 16.1 Å². The Kier molecular flexibility index (Phi) is 3.93. The zero-order chi connectivity index (χ0) is 16.4. The quantitative estimate of drug-likeness (QED) is 0.797. The maximum atomic E-state index is 13.4. The van der Waals surface area contributed by atoms with E-state index >= 15 is 0 Å². The lowest BCUT2D eigenvalue weighted by Crippen LogP contribution is -2.14. The second-order valence-corrected chi connectivity index (χ2v) is 5.14. The average Bonchev–Trinajstić information content (AvgIpc) is 2.54. The van der Waals surface area contributed by atoms with Crippen LogP contribution in [0.2, 0.25) is 0 Å². The van der Waals surface area contributed by atoms with Crippen molar-refractivity contribution in [2.24, 2.45) is 0 Å². The number of benzene rings is 2. The summed E-state index contributed by atoms with van der Waals surface area (Å²) in [7, 11) is 1.56. The molecule has 0 radical (unpaired) electrons. The van der Waals surface area contributed by atoms with Crippen LogP contribution in [-0.2, 0) is 0 Å². The van der Waals surface area contributed by atoms with Gasteiger partial charge in [-0.25, -0.2) is 4.39 Å². The monoisotopic (exact) mass is 310 g/mol. The lowest BCUT2D eigenvalue weighted by atomic mass is 10.1. The number of carbonyl (C=O) groups is 1. The number of nitrogens with one attached hydrogen (secondary N) is 1. The molecule has 0 spiro atoms. The van der Waals surface area contributed by atoms with E-state index in [9.17, 15) is 9.18 Å². The number of hydrogen-bond donors (Lipinski definition) is 1. The number of ether oxygens (including phenoxy) is 1. The number of aromatic nitrogens is 1. The highest BCUT2D eigenvalue weighted by molar-refractivity contribution is 6.06. The average molecular weight is 310 g/mol. The number of anilines is 1. The van der Waals surface area contributed by atoms with Crippen molar-refractivity contribution < 1.29 is 13.9 Å². The van der Waals surface area contributed by atoms with Gasteiger partial charge in [-0.3, -0.25) is 9.78 Å². The van der Waals surface area contributed by atoms with Crippen LogP contribution in [0.15, 0.2) is 48.5 Å². The molecule has 4 nitrogen and oxygen atoms in total. The van der Waals surface area contributed by atoms with E-state index in [-0.39, 0.29) is 11.7 Å². The molecule has 2 aromatic carbocycles. The van der Waals surface area contributed by atoms with Crippen LogP contribution < -0.4 is 10.1 Å². The molecule has 0 unspecified atom stereocenters. The van der Waals surface area contributed by atoms with E-state index in [0.29, 0.717) is 33.6 Å². The highest BCUT2D eigenvalue weighted by Crippen LogP contribution is 2.21. The van der Waals surface area contributed by atoms with Crippen molar-refractivity contribution in [2.75, 3.05) is 12.4 Å². The van der Waals surface area contributed by atoms with E-state index < -0.39 is 0 Å². The predicted octanol–water partition coefficient (Wildman–Crippen LogP) is 3.94. The van der Waals surface area contributed by atoms with Crippen molar-refractivity contribution in [3.05, 3.63) is 65.6 Å². The fourth-order valence-electron chi connectivity index (χ4n) is 2.37. The number of amides is 1. The Morgan fingerprint density at radius 1 is 1.17 bits per heavy atom. The molecule has 1 N–H and O–H groups in total. The zero-order valence-electron chi connectivity index (χ0n) is 12.8. The van der Waals surface area contributed by atoms with Gasteiger partial charge in [0.25, 0.3) is 5.91 Å². The lowest BCUT2D eigenvalue weighted by Gasteiger charge is -2.10. The highest BCUT2D eigenvalue weighted by atomic mass is 19.1. The van der Waals surface area contributed by atoms with Gasteiger partial charge < -0.3 is 10.1 Å². The minimum atomic E-state index is -0.359. The maximum absolute atomic E-state index is 13.4. The maximum Gasteiger partial charge on any atom is 0.257 e. The Balaban J connectivity index is 1.95. The number of fused-ring (bicyclic) bond motifs is 1. The normalized spacial score (nSPS) is 10.6. The van der Waals surface area contributed by atoms with Gasteiger partial charge in [-0.05, 0) is 43.3 Å². The van der Waals surface area contributed by atoms with Crippen molar-refractivity contribution >= 4 is 22.5 Å². The molecule has 23 heavy (non-hydrogen) atoms. The van der Waals surface area contributed by atoms with Crippen molar-refractivity contribution in [1.29, 1.82) is 0 Å². The molecule has 0 fully saturated rings. The first-order chi connectivity index (χ1) is 11.1. The molecule has 1 aromatic heterocycles. The standard InChI is InChI=1S/C18H15FN2O2/c1-11-16(9-12-8-13(19)6-7-17(12)20-11)18(22)21-14-4-3-5-15(10-14)23-2/h3-10H,1-2H3,(H,21,22). The summed E-state index contributed by atoms with van der Waals surface area (Å²) in [6, 6.07) is 13.0. The Morgan fingerprint density at radius 2 is 2.00 bits per heavy atom. The molecule has 1 heterocycles. The van der Waals surface area contributed by atoms with Gasteiger partial charge in [0, 0.05) is 17.1 Å². The number of methoxy groups -OCH3 is 1. The van der Waals surface area contributed by atoms with Crippen LogP contribution in [0, 0.1) is 12.7 Å². The first-order valence-electron chi connectivity index (χ1n) is 7.09. The second kappa shape index (κ2) is 6.04. The molecular formula is C18H15FN2O2. The van der Waals surface area contributed by atoms with E-state index in [0.717, 1.165) is 0 Å². The topological polar surface area (TPSA) is 51.2 Å². The summed E-state index contributed by atoms with van der Waals surface area (Å²) in [5.41, 5.74) is 2.27. The van der Waals surface area contributed by atoms with Crippen LogP contribution in [0.5, 0.6) is 5.75 Å². The van der Waals surface area contributed by atoms with Crippen LogP contribution in [-0.4, -0.2) is 18.0 Å². The molecule has 3 rings (SSSR count). The van der Waals surface area contributed by atoms with Crippen LogP contribution in [0.3, 0.4) is 0 Å². The molecule has 0 saturated carbocycles. The summed E-state index contributed by atoms with van der Waals surface area (Å²) < 4.78 is 18.5. The van der Waals surface area contributed by atoms with E-state index in [1.165, 1.54) is 12.1 Å². The smallest absolute Gasteiger partial charge is 0.257 e. The molecular weight excluding hydrogens is 295 g/mol. The van der Waals surface area contributed by atoms with Crippen molar-refractivity contribution in [3.8, 4) is 5.75 Å². The third kappa shape index (κ3) is 3.13. The number of aryl methyl sites for hydroxylation is 1. The second-order valence-electron chi connectivity index (χ2n) is 5.14. The van der Waals surface area contributed by atoms with Gasteiger partial charge in [0.1, 0.15) is 11.6 Å². The summed E-state index contributed by atoms with van der Waals surface area (Å²) >= 11 is 0. The SMILES string of the molecule is COc1cccc(NC(=O)c2cc3cc(F)ccc3nc2C)c1. The molecule has 0 aliphatic heterocycles. The minimum Gasteiger partial charge on any atom is -0.497 e. The number of pyridine rings is 1. The van der Waals surface area contributed by atoms with Crippen LogP contribution in [0.25, 0.3) is 10.9 Å². The summed E-state index contributed by atoms with van der Waals surface area (Å²) in [4.78, 5) is 16.8. The fraction of sp³-hybridized carbons (Fsp3) is 0.111. The summed E-state index contributed by atoms with van der Waals surface area (Å²) in [5, 5.41) is 3.39. The van der Waals surface area contributed by atoms with Crippen LogP contribution >= 0.6 is 0 Å². The first-order valence-corrected chi connectivity index (χ1v) is 7.09. The lowest BCUT2D eigenvalue weighted by molar-refractivity contribution is 0.102. The predicted molar refractivity (Wildman–Crippen MR) is 87.4 cm³/mol. The zero-order valence-corrected chi connectivity index (χ0v) is 12.8. The summed E-state index contributed by atoms with van der Waals surface area (Å²) in [5.74, 6) is -0.00468. The largest absolute Gasteiger partial charge is 0.497 e. The summed E-state index contributed by atoms with van der Waals surface area (Å²) in [6.45, 7) is 1.75. The fourth-order valence-corrected chi connectivity index (χ4v) is 2.37. The van der Waals surface area contributed by atoms with E-state index in [4.69, 9.17) is 4.74 Å². The number of carbonyl (C=O) groups excluding carboxylic acids is 1. The third-order valence-corrected chi connectivity index (χ3v) is 3.54. The molecule has 0 aliphatic carbocycles. The van der Waals surface area contributed by atoms with Gasteiger partial charge in [-0.1, -0.05) is 6.07 Å². The Labute approximate surface area is 132 Å². The minimum absolute atomic E-state index is 0.297. The molecule has 1 amide bonds. The number of halogens is 1. The van der Waals surface area contributed by atoms with Crippen LogP contribution in [0.4, 0.5) is 10.1 Å². The van der Waals surface area contributed by atoms with Crippen molar-refractivity contribution in [3.63, 3.8) is 0 Å². The number of nitrogens with zero attached hydrogens (tertiary/aromatic N) is 1. The molecule has 0 bridgehead atoms. The molecule has 0 atom stereocenters. The Morgan fingerprint density at radius 3 is 2.78 bits per heavy atom. The van der Waals surface area contributed by atoms with Gasteiger partial charge in [0.05, 0.1) is 23.9 Å². The summed E-state index contributed by atoms with van der Waals surface area (Å²) in [6.07, 6.45) is 0. The molecule has 3 aromatic rings. The van der Waals surface area contributed by atoms with Gasteiger partial charge in [0.2, 0.25) is 0 Å². The van der Waals surface area contributed by atoms with Crippen molar-refractivity contribution in [1.82, 2.24) is 4.98 Å². The highest BCUT2D eigenvalue weighted by Gasteiger charge is 2.12. The number of hydrogen-bond acceptors (Lipinski definition) is 3. The first kappa shape index (κ1) is 15.0. The van der Waals surface area contributed by atoms with Gasteiger partial charge in [-0.2, -0.15) is 0 Å². The molecule has 116 valence electrons. The molecule has 0 aliphatic rings. The Hall–Kier alpha value is -2.95. The van der Waals surface area contributed by atoms with E-state index in [1.54, 1.807) is 50.4 Å². The third-order valence-electron chi connectivity index (χ3n) is 3.54.